The third kappa shape index (κ3) is 6.49. The van der Waals surface area contributed by atoms with Crippen molar-refractivity contribution in [2.24, 2.45) is 11.0 Å². The molecule has 0 saturated heterocycles. The van der Waals surface area contributed by atoms with Gasteiger partial charge in [-0.2, -0.15) is 5.10 Å². The Labute approximate surface area is 181 Å². The van der Waals surface area contributed by atoms with E-state index in [4.69, 9.17) is 5.11 Å². The number of benzene rings is 1. The Balaban J connectivity index is 0.000000481. The van der Waals surface area contributed by atoms with Crippen molar-refractivity contribution in [2.45, 2.75) is 72.3 Å². The number of hydrogen-bond acceptors (Lipinski definition) is 5. The summed E-state index contributed by atoms with van der Waals surface area (Å²) in [7, 11) is 0. The maximum atomic E-state index is 8.06. The minimum Gasteiger partial charge on any atom is -0.394 e. The Morgan fingerprint density at radius 1 is 1.03 bits per heavy atom. The van der Waals surface area contributed by atoms with Crippen molar-refractivity contribution in [2.75, 3.05) is 0 Å². The van der Waals surface area contributed by atoms with E-state index in [1.165, 1.54) is 24.1 Å². The molecule has 1 aliphatic carbocycles. The normalized spacial score (nSPS) is 20.4. The van der Waals surface area contributed by atoms with E-state index in [9.17, 15) is 0 Å². The number of hydrazone groups is 1. The van der Waals surface area contributed by atoms with E-state index in [1.807, 2.05) is 32.2 Å². The van der Waals surface area contributed by atoms with Crippen LogP contribution < -0.4 is 5.43 Å². The molecule has 1 fully saturated rings. The number of allylic oxidation sites excluding steroid dienone is 2. The summed E-state index contributed by atoms with van der Waals surface area (Å²) in [5.74, 6) is 0.904. The fourth-order valence-corrected chi connectivity index (χ4v) is 3.65. The number of aromatic nitrogens is 2. The Morgan fingerprint density at radius 3 is 2.23 bits per heavy atom. The number of nitrogens with one attached hydrogen (secondary N) is 1. The molecule has 0 bridgehead atoms. The zero-order valence-corrected chi connectivity index (χ0v) is 19.0. The molecular weight excluding hydrogens is 372 g/mol. The summed E-state index contributed by atoms with van der Waals surface area (Å²) in [6.45, 7) is 9.79. The fraction of sp³-hybridized carbons (Fsp3) is 0.480. The van der Waals surface area contributed by atoms with Crippen molar-refractivity contribution < 1.29 is 5.11 Å². The van der Waals surface area contributed by atoms with Gasteiger partial charge in [-0.1, -0.05) is 51.1 Å². The molecule has 2 aromatic rings. The average molecular weight is 409 g/mol. The molecule has 2 aliphatic rings. The van der Waals surface area contributed by atoms with Crippen molar-refractivity contribution in [1.29, 1.82) is 0 Å². The van der Waals surface area contributed by atoms with E-state index in [0.29, 0.717) is 0 Å². The number of nitrogens with zero attached hydrogens (tertiary/aromatic N) is 3. The van der Waals surface area contributed by atoms with E-state index in [1.54, 1.807) is 20.2 Å². The highest BCUT2D eigenvalue weighted by atomic mass is 16.3. The Bertz CT molecular complexity index is 803. The third-order valence-corrected chi connectivity index (χ3v) is 5.09. The predicted octanol–water partition coefficient (Wildman–Crippen LogP) is 5.45. The fourth-order valence-electron chi connectivity index (χ4n) is 3.65. The van der Waals surface area contributed by atoms with Gasteiger partial charge in [0.15, 0.2) is 0 Å². The molecule has 5 nitrogen and oxygen atoms in total. The lowest BCUT2D eigenvalue weighted by atomic mass is 9.82. The summed E-state index contributed by atoms with van der Waals surface area (Å²) in [5, 5.41) is 12.7. The van der Waals surface area contributed by atoms with Crippen LogP contribution in [-0.2, 0) is 0 Å². The third-order valence-electron chi connectivity index (χ3n) is 5.09. The molecule has 162 valence electrons. The molecule has 5 heteroatoms. The van der Waals surface area contributed by atoms with Gasteiger partial charge >= 0.3 is 0 Å². The van der Waals surface area contributed by atoms with Gasteiger partial charge in [0.25, 0.3) is 0 Å². The summed E-state index contributed by atoms with van der Waals surface area (Å²) in [4.78, 5) is 8.61. The summed E-state index contributed by atoms with van der Waals surface area (Å²) >= 11 is 0. The molecular formula is C25H36N4O. The Morgan fingerprint density at radius 2 is 1.67 bits per heavy atom. The molecule has 0 amide bonds. The molecule has 2 N–H and O–H groups in total. The maximum absolute atomic E-state index is 8.06. The predicted molar refractivity (Wildman–Crippen MR) is 124 cm³/mol. The molecule has 1 aromatic heterocycles. The first-order valence-electron chi connectivity index (χ1n) is 11.1. The molecule has 0 spiro atoms. The highest BCUT2D eigenvalue weighted by Gasteiger charge is 2.33. The van der Waals surface area contributed by atoms with Crippen LogP contribution in [0.5, 0.6) is 0 Å². The van der Waals surface area contributed by atoms with Gasteiger partial charge < -0.3 is 5.11 Å². The van der Waals surface area contributed by atoms with Gasteiger partial charge in [-0.25, -0.2) is 9.97 Å². The lowest BCUT2D eigenvalue weighted by Gasteiger charge is -2.24. The molecule has 1 aromatic carbocycles. The molecule has 2 heterocycles. The van der Waals surface area contributed by atoms with Crippen LogP contribution in [0.4, 0.5) is 0 Å². The molecule has 1 atom stereocenters. The van der Waals surface area contributed by atoms with Crippen molar-refractivity contribution >= 4 is 5.71 Å². The Hall–Kier alpha value is -2.53. The van der Waals surface area contributed by atoms with E-state index in [-0.39, 0.29) is 12.0 Å². The summed E-state index contributed by atoms with van der Waals surface area (Å²) in [5.41, 5.74) is 9.30. The summed E-state index contributed by atoms with van der Waals surface area (Å²) in [6.07, 6.45) is 8.11. The molecule has 1 aliphatic heterocycles. The maximum Gasteiger partial charge on any atom is 0.115 e. The zero-order valence-electron chi connectivity index (χ0n) is 19.0. The number of aliphatic hydroxyl groups is 1. The van der Waals surface area contributed by atoms with Gasteiger partial charge in [0.05, 0.1) is 17.3 Å². The number of hydrogen-bond donors (Lipinski definition) is 2. The monoisotopic (exact) mass is 408 g/mol. The highest BCUT2D eigenvalue weighted by Crippen LogP contribution is 2.37. The topological polar surface area (TPSA) is 70.4 Å². The van der Waals surface area contributed by atoms with E-state index >= 15 is 0 Å². The molecule has 1 unspecified atom stereocenters. The SMILES string of the molecule is CC.CC(C)O.CC1CCC(=C2NN=C(c3ccccc3)C2c2ccncn2)CC1. The van der Waals surface area contributed by atoms with Crippen LogP contribution in [0.3, 0.4) is 0 Å². The smallest absolute Gasteiger partial charge is 0.115 e. The van der Waals surface area contributed by atoms with Crippen LogP contribution in [-0.4, -0.2) is 26.9 Å². The van der Waals surface area contributed by atoms with E-state index < -0.39 is 0 Å². The van der Waals surface area contributed by atoms with Crippen LogP contribution in [0.25, 0.3) is 0 Å². The standard InChI is InChI=1S/C20H22N4.C3H8O.C2H6/c1-14-7-9-16(10-8-14)20-18(17-11-12-21-13-22-17)19(23-24-20)15-5-3-2-4-6-15;1-3(2)4;1-2/h2-6,11-14,18,24H,7-10H2,1H3;3-4H,1-2H3;1-2H3. The van der Waals surface area contributed by atoms with Crippen LogP contribution in [0.2, 0.25) is 0 Å². The van der Waals surface area contributed by atoms with Crippen LogP contribution in [0.1, 0.15) is 77.5 Å². The first-order chi connectivity index (χ1) is 14.6. The van der Waals surface area contributed by atoms with Crippen LogP contribution >= 0.6 is 0 Å². The molecule has 0 radical (unpaired) electrons. The van der Waals surface area contributed by atoms with Crippen molar-refractivity contribution in [3.05, 3.63) is 71.4 Å². The average Bonchev–Trinajstić information content (AvgIpc) is 3.22. The first kappa shape index (κ1) is 23.7. The van der Waals surface area contributed by atoms with E-state index in [2.05, 4.69) is 51.7 Å². The van der Waals surface area contributed by atoms with Crippen molar-refractivity contribution in [1.82, 2.24) is 15.4 Å². The lowest BCUT2D eigenvalue weighted by Crippen LogP contribution is -2.18. The lowest BCUT2D eigenvalue weighted by molar-refractivity contribution is 0.216. The molecule has 4 rings (SSSR count). The van der Waals surface area contributed by atoms with Gasteiger partial charge in [-0.05, 0) is 62.7 Å². The summed E-state index contributed by atoms with van der Waals surface area (Å²) < 4.78 is 0. The Kier molecular flexibility index (Phi) is 9.68. The highest BCUT2D eigenvalue weighted by molar-refractivity contribution is 6.08. The second-order valence-corrected chi connectivity index (χ2v) is 7.84. The largest absolute Gasteiger partial charge is 0.394 e. The quantitative estimate of drug-likeness (QED) is 0.694. The molecule has 1 saturated carbocycles. The summed E-state index contributed by atoms with van der Waals surface area (Å²) in [6, 6.07) is 12.4. The van der Waals surface area contributed by atoms with Crippen LogP contribution in [0, 0.1) is 5.92 Å². The zero-order chi connectivity index (χ0) is 21.9. The van der Waals surface area contributed by atoms with Crippen molar-refractivity contribution in [3.8, 4) is 0 Å². The first-order valence-corrected chi connectivity index (χ1v) is 11.1. The minimum absolute atomic E-state index is 0.0822. The van der Waals surface area contributed by atoms with Crippen molar-refractivity contribution in [3.63, 3.8) is 0 Å². The van der Waals surface area contributed by atoms with E-state index in [0.717, 1.165) is 35.7 Å². The molecule has 30 heavy (non-hydrogen) atoms. The second kappa shape index (κ2) is 12.2. The minimum atomic E-state index is -0.167. The second-order valence-electron chi connectivity index (χ2n) is 7.84. The number of aliphatic hydroxyl groups excluding tert-OH is 1. The van der Waals surface area contributed by atoms with Gasteiger partial charge in [0.2, 0.25) is 0 Å². The number of rotatable bonds is 2. The van der Waals surface area contributed by atoms with Gasteiger partial charge in [0.1, 0.15) is 6.33 Å². The van der Waals surface area contributed by atoms with Crippen LogP contribution in [0.15, 0.2) is 65.3 Å². The van der Waals surface area contributed by atoms with Gasteiger partial charge in [-0.3, -0.25) is 5.43 Å². The van der Waals surface area contributed by atoms with Gasteiger partial charge in [-0.15, -0.1) is 0 Å². The van der Waals surface area contributed by atoms with Gasteiger partial charge in [0, 0.05) is 18.0 Å².